The fourth-order valence-electron chi connectivity index (χ4n) is 1.21. The number of benzene rings is 1. The quantitative estimate of drug-likeness (QED) is 0.489. The van der Waals surface area contributed by atoms with Crippen LogP contribution in [0.15, 0.2) is 24.3 Å². The van der Waals surface area contributed by atoms with Gasteiger partial charge in [-0.2, -0.15) is 0 Å². The molecule has 0 saturated heterocycles. The van der Waals surface area contributed by atoms with Gasteiger partial charge in [0.05, 0.1) is 10.9 Å². The molecule has 0 bridgehead atoms. The molecule has 0 unspecified atom stereocenters. The lowest BCUT2D eigenvalue weighted by molar-refractivity contribution is 0.00694. The summed E-state index contributed by atoms with van der Waals surface area (Å²) in [5.41, 5.74) is 0.516. The van der Waals surface area contributed by atoms with Crippen molar-refractivity contribution in [1.82, 2.24) is 0 Å². The second-order valence-electron chi connectivity index (χ2n) is 4.64. The number of esters is 1. The van der Waals surface area contributed by atoms with E-state index in [-0.39, 0.29) is 17.1 Å². The van der Waals surface area contributed by atoms with Crippen molar-refractivity contribution in [1.29, 1.82) is 0 Å². The average Bonchev–Trinajstić information content (AvgIpc) is 2.26. The summed E-state index contributed by atoms with van der Waals surface area (Å²) in [5.74, 6) is -0.393. The van der Waals surface area contributed by atoms with Gasteiger partial charge in [-0.05, 0) is 32.9 Å². The van der Waals surface area contributed by atoms with Gasteiger partial charge in [-0.1, -0.05) is 28.1 Å². The molecule has 92 valence electrons. The van der Waals surface area contributed by atoms with Crippen LogP contribution in [0.2, 0.25) is 0 Å². The molecule has 0 fully saturated rings. The fourth-order valence-corrected chi connectivity index (χ4v) is 1.53. The van der Waals surface area contributed by atoms with Crippen LogP contribution in [0.4, 0.5) is 0 Å². The predicted molar refractivity (Wildman–Crippen MR) is 69.7 cm³/mol. The normalized spacial score (nSPS) is 11.1. The van der Waals surface area contributed by atoms with Crippen LogP contribution in [0.5, 0.6) is 0 Å². The number of hydrogen-bond donors (Lipinski definition) is 0. The molecule has 0 aliphatic carbocycles. The molecule has 0 amide bonds. The third kappa shape index (κ3) is 4.30. The number of rotatable bonds is 3. The number of carbonyl (C=O) groups excluding carboxylic acids is 2. The van der Waals surface area contributed by atoms with Crippen molar-refractivity contribution >= 4 is 27.7 Å². The molecule has 0 aromatic heterocycles. The van der Waals surface area contributed by atoms with Crippen LogP contribution in [0.1, 0.15) is 41.5 Å². The van der Waals surface area contributed by atoms with Crippen LogP contribution < -0.4 is 0 Å². The fraction of sp³-hybridized carbons (Fsp3) is 0.385. The van der Waals surface area contributed by atoms with Crippen molar-refractivity contribution in [3.8, 4) is 0 Å². The molecule has 17 heavy (non-hydrogen) atoms. The third-order valence-electron chi connectivity index (χ3n) is 1.96. The van der Waals surface area contributed by atoms with E-state index in [1.165, 1.54) is 0 Å². The summed E-state index contributed by atoms with van der Waals surface area (Å²) in [6, 6.07) is 6.46. The smallest absolute Gasteiger partial charge is 0.338 e. The molecule has 0 radical (unpaired) electrons. The first-order valence-electron chi connectivity index (χ1n) is 5.26. The average molecular weight is 299 g/mol. The summed E-state index contributed by atoms with van der Waals surface area (Å²) in [7, 11) is 0. The summed E-state index contributed by atoms with van der Waals surface area (Å²) in [4.78, 5) is 23.1. The molecule has 0 heterocycles. The summed E-state index contributed by atoms with van der Waals surface area (Å²) in [6.07, 6.45) is 0. The molecule has 0 spiro atoms. The third-order valence-corrected chi connectivity index (χ3v) is 2.47. The Kier molecular flexibility index (Phi) is 4.46. The van der Waals surface area contributed by atoms with Crippen molar-refractivity contribution < 1.29 is 14.3 Å². The number of alkyl halides is 1. The predicted octanol–water partition coefficient (Wildman–Crippen LogP) is 3.22. The number of hydrogen-bond acceptors (Lipinski definition) is 3. The van der Waals surface area contributed by atoms with E-state index in [0.29, 0.717) is 11.1 Å². The molecule has 0 N–H and O–H groups in total. The molecule has 0 saturated carbocycles. The highest BCUT2D eigenvalue weighted by Crippen LogP contribution is 2.13. The number of halogens is 1. The van der Waals surface area contributed by atoms with E-state index >= 15 is 0 Å². The van der Waals surface area contributed by atoms with Gasteiger partial charge in [-0.3, -0.25) is 4.79 Å². The Bertz CT molecular complexity index is 415. The largest absolute Gasteiger partial charge is 0.456 e. The molecular weight excluding hydrogens is 284 g/mol. The van der Waals surface area contributed by atoms with E-state index in [2.05, 4.69) is 15.9 Å². The van der Waals surface area contributed by atoms with Crippen LogP contribution in [-0.2, 0) is 4.74 Å². The SMILES string of the molecule is CC(C)(C)OC(=O)c1ccc(C(=O)CBr)cc1. The second kappa shape index (κ2) is 5.45. The van der Waals surface area contributed by atoms with E-state index < -0.39 is 5.60 Å². The topological polar surface area (TPSA) is 43.4 Å². The van der Waals surface area contributed by atoms with Gasteiger partial charge in [-0.25, -0.2) is 4.79 Å². The summed E-state index contributed by atoms with van der Waals surface area (Å²) in [6.45, 7) is 5.44. The van der Waals surface area contributed by atoms with E-state index in [1.54, 1.807) is 24.3 Å². The molecule has 1 aromatic rings. The lowest BCUT2D eigenvalue weighted by Gasteiger charge is -2.19. The van der Waals surface area contributed by atoms with Crippen molar-refractivity contribution in [2.75, 3.05) is 5.33 Å². The van der Waals surface area contributed by atoms with Gasteiger partial charge in [-0.15, -0.1) is 0 Å². The van der Waals surface area contributed by atoms with Gasteiger partial charge < -0.3 is 4.74 Å². The molecule has 0 aliphatic heterocycles. The van der Waals surface area contributed by atoms with Gasteiger partial charge in [0.1, 0.15) is 5.60 Å². The van der Waals surface area contributed by atoms with Gasteiger partial charge in [0.15, 0.2) is 5.78 Å². The first-order chi connectivity index (χ1) is 7.83. The van der Waals surface area contributed by atoms with E-state index in [0.717, 1.165) is 0 Å². The summed E-state index contributed by atoms with van der Waals surface area (Å²) in [5, 5.41) is 0.277. The van der Waals surface area contributed by atoms with Crippen LogP contribution in [0, 0.1) is 0 Å². The van der Waals surface area contributed by atoms with Gasteiger partial charge in [0, 0.05) is 5.56 Å². The molecule has 1 aromatic carbocycles. The zero-order valence-corrected chi connectivity index (χ0v) is 11.7. The number of carbonyl (C=O) groups is 2. The highest BCUT2D eigenvalue weighted by Gasteiger charge is 2.17. The molecule has 1 rings (SSSR count). The molecule has 3 nitrogen and oxygen atoms in total. The minimum absolute atomic E-state index is 0.0132. The highest BCUT2D eigenvalue weighted by molar-refractivity contribution is 9.09. The summed E-state index contributed by atoms with van der Waals surface area (Å²) < 4.78 is 5.22. The van der Waals surface area contributed by atoms with E-state index in [9.17, 15) is 9.59 Å². The Balaban J connectivity index is 2.81. The van der Waals surface area contributed by atoms with E-state index in [4.69, 9.17) is 4.74 Å². The number of Topliss-reactive ketones (excluding diaryl/α,β-unsaturated/α-hetero) is 1. The van der Waals surface area contributed by atoms with Crippen LogP contribution in [0.3, 0.4) is 0 Å². The Hall–Kier alpha value is -1.16. The Labute approximate surface area is 109 Å². The number of ketones is 1. The Morgan fingerprint density at radius 1 is 1.12 bits per heavy atom. The van der Waals surface area contributed by atoms with Crippen LogP contribution in [-0.4, -0.2) is 22.7 Å². The first kappa shape index (κ1) is 13.9. The first-order valence-corrected chi connectivity index (χ1v) is 6.38. The van der Waals surface area contributed by atoms with Crippen molar-refractivity contribution in [3.05, 3.63) is 35.4 Å². The van der Waals surface area contributed by atoms with Gasteiger partial charge >= 0.3 is 5.97 Å². The lowest BCUT2D eigenvalue weighted by atomic mass is 10.1. The zero-order chi connectivity index (χ0) is 13.1. The minimum atomic E-state index is -0.512. The minimum Gasteiger partial charge on any atom is -0.456 e. The second-order valence-corrected chi connectivity index (χ2v) is 5.20. The maximum Gasteiger partial charge on any atom is 0.338 e. The van der Waals surface area contributed by atoms with Crippen LogP contribution >= 0.6 is 15.9 Å². The monoisotopic (exact) mass is 298 g/mol. The van der Waals surface area contributed by atoms with Crippen molar-refractivity contribution in [2.45, 2.75) is 26.4 Å². The van der Waals surface area contributed by atoms with Gasteiger partial charge in [0.2, 0.25) is 0 Å². The zero-order valence-electron chi connectivity index (χ0n) is 10.1. The Morgan fingerprint density at radius 3 is 2.00 bits per heavy atom. The molecular formula is C13H15BrO3. The number of ether oxygens (including phenoxy) is 1. The molecule has 0 atom stereocenters. The Morgan fingerprint density at radius 2 is 1.59 bits per heavy atom. The van der Waals surface area contributed by atoms with Crippen LogP contribution in [0.25, 0.3) is 0 Å². The van der Waals surface area contributed by atoms with Crippen molar-refractivity contribution in [3.63, 3.8) is 0 Å². The van der Waals surface area contributed by atoms with Gasteiger partial charge in [0.25, 0.3) is 0 Å². The maximum absolute atomic E-state index is 11.7. The summed E-state index contributed by atoms with van der Waals surface area (Å²) >= 11 is 3.10. The molecule has 0 aliphatic rings. The highest BCUT2D eigenvalue weighted by atomic mass is 79.9. The molecule has 4 heteroatoms. The van der Waals surface area contributed by atoms with Crippen molar-refractivity contribution in [2.24, 2.45) is 0 Å². The van der Waals surface area contributed by atoms with E-state index in [1.807, 2.05) is 20.8 Å². The lowest BCUT2D eigenvalue weighted by Crippen LogP contribution is -2.23. The standard InChI is InChI=1S/C13H15BrO3/c1-13(2,3)17-12(16)10-6-4-9(5-7-10)11(15)8-14/h4-7H,8H2,1-3H3. The maximum atomic E-state index is 11.7.